The summed E-state index contributed by atoms with van der Waals surface area (Å²) in [5.41, 5.74) is 8.42. The molecule has 6 N–H and O–H groups in total. The molecule has 9 nitrogen and oxygen atoms in total. The zero-order valence-electron chi connectivity index (χ0n) is 24.0. The first-order valence-corrected chi connectivity index (χ1v) is 15.7. The predicted molar refractivity (Wildman–Crippen MR) is 179 cm³/mol. The van der Waals surface area contributed by atoms with Gasteiger partial charge < -0.3 is 35.5 Å². The third kappa shape index (κ3) is 13.1. The van der Waals surface area contributed by atoms with Gasteiger partial charge in [-0.3, -0.25) is 0 Å². The first-order chi connectivity index (χ1) is 19.7. The van der Waals surface area contributed by atoms with E-state index in [2.05, 4.69) is 51.4 Å². The van der Waals surface area contributed by atoms with Crippen LogP contribution >= 0.6 is 45.2 Å². The van der Waals surface area contributed by atoms with E-state index in [4.69, 9.17) is 32.2 Å². The molecule has 0 saturated carbocycles. The van der Waals surface area contributed by atoms with Gasteiger partial charge in [-0.1, -0.05) is 31.9 Å². The highest BCUT2D eigenvalue weighted by Crippen LogP contribution is 2.29. The lowest BCUT2D eigenvalue weighted by molar-refractivity contribution is 0.249. The zero-order chi connectivity index (χ0) is 30.8. The van der Waals surface area contributed by atoms with Crippen LogP contribution < -0.4 is 15.8 Å². The van der Waals surface area contributed by atoms with Crippen LogP contribution in [0.4, 0.5) is 21.7 Å². The Morgan fingerprint density at radius 1 is 1.20 bits per heavy atom. The van der Waals surface area contributed by atoms with Crippen LogP contribution in [0.25, 0.3) is 11.4 Å². The highest BCUT2D eigenvalue weighted by molar-refractivity contribution is 8.00. The Hall–Kier alpha value is -2.18. The van der Waals surface area contributed by atoms with Gasteiger partial charge >= 0.3 is 0 Å². The number of likely N-dealkylation sites (N-methyl/N-ethyl adjacent to an activating group) is 1. The molecule has 2 aromatic carbocycles. The van der Waals surface area contributed by atoms with E-state index in [1.807, 2.05) is 31.3 Å². The normalized spacial score (nSPS) is 10.6. The van der Waals surface area contributed by atoms with Crippen LogP contribution in [0.2, 0.25) is 5.02 Å². The molecule has 1 atom stereocenters. The van der Waals surface area contributed by atoms with Gasteiger partial charge in [-0.15, -0.1) is 0 Å². The molecule has 0 aliphatic heterocycles. The fourth-order valence-electron chi connectivity index (χ4n) is 3.19. The molecule has 1 heterocycles. The van der Waals surface area contributed by atoms with E-state index in [-0.39, 0.29) is 17.3 Å². The van der Waals surface area contributed by atoms with Crippen LogP contribution in [0.1, 0.15) is 32.8 Å². The van der Waals surface area contributed by atoms with Crippen molar-refractivity contribution in [1.82, 2.24) is 14.9 Å². The summed E-state index contributed by atoms with van der Waals surface area (Å²) in [7, 11) is 1.43. The number of nitrogens with two attached hydrogens (primary N) is 1. The van der Waals surface area contributed by atoms with Crippen molar-refractivity contribution in [3.05, 3.63) is 58.9 Å². The average Bonchev–Trinajstić information content (AvgIpc) is 2.95. The second-order valence-electron chi connectivity index (χ2n) is 8.51. The Morgan fingerprint density at radius 3 is 2.46 bits per heavy atom. The zero-order valence-corrected chi connectivity index (χ0v) is 27.4. The van der Waals surface area contributed by atoms with Crippen molar-refractivity contribution >= 4 is 68.2 Å². The second-order valence-corrected chi connectivity index (χ2v) is 10.3. The summed E-state index contributed by atoms with van der Waals surface area (Å²) in [6.45, 7) is 8.26. The SMILES string of the molecule is CC(=N)c1c(N)nc(-c2ccc(NSc3cc(Cl)ccc3F)cc2)nc1NCCN(C)CCOPO.CCC.CS. The Labute approximate surface area is 259 Å². The van der Waals surface area contributed by atoms with Crippen molar-refractivity contribution in [2.24, 2.45) is 0 Å². The number of thiol groups is 1. The summed E-state index contributed by atoms with van der Waals surface area (Å²) >= 11 is 10.6. The maximum absolute atomic E-state index is 13.9. The van der Waals surface area contributed by atoms with E-state index in [9.17, 15) is 4.39 Å². The van der Waals surface area contributed by atoms with Gasteiger partial charge in [-0.05, 0) is 74.6 Å². The first kappa shape index (κ1) is 36.8. The lowest BCUT2D eigenvalue weighted by atomic mass is 10.1. The fourth-order valence-corrected chi connectivity index (χ4v) is 4.32. The molecule has 3 rings (SSSR count). The number of rotatable bonds is 13. The average molecular weight is 644 g/mol. The van der Waals surface area contributed by atoms with Gasteiger partial charge in [0.2, 0.25) is 0 Å². The Kier molecular flexibility index (Phi) is 18.6. The van der Waals surface area contributed by atoms with E-state index >= 15 is 0 Å². The highest BCUT2D eigenvalue weighted by atomic mass is 35.5. The molecule has 0 spiro atoms. The van der Waals surface area contributed by atoms with Crippen molar-refractivity contribution < 1.29 is 13.8 Å². The molecule has 0 amide bonds. The first-order valence-electron chi connectivity index (χ1n) is 12.8. The fraction of sp³-hybridized carbons (Fsp3) is 0.370. The van der Waals surface area contributed by atoms with E-state index in [0.717, 1.165) is 23.2 Å². The van der Waals surface area contributed by atoms with Crippen LogP contribution in [-0.4, -0.2) is 65.0 Å². The number of nitrogen functional groups attached to an aromatic ring is 1. The lowest BCUT2D eigenvalue weighted by Gasteiger charge is -2.18. The van der Waals surface area contributed by atoms with Crippen LogP contribution in [0.3, 0.4) is 0 Å². The number of halogens is 2. The van der Waals surface area contributed by atoms with Gasteiger partial charge in [0.1, 0.15) is 17.5 Å². The van der Waals surface area contributed by atoms with E-state index in [1.54, 1.807) is 19.2 Å². The monoisotopic (exact) mass is 643 g/mol. The van der Waals surface area contributed by atoms with E-state index in [0.29, 0.717) is 53.4 Å². The van der Waals surface area contributed by atoms with Crippen molar-refractivity contribution in [1.29, 1.82) is 5.41 Å². The third-order valence-corrected chi connectivity index (χ3v) is 6.49. The largest absolute Gasteiger partial charge is 0.383 e. The molecule has 41 heavy (non-hydrogen) atoms. The molecule has 1 aromatic heterocycles. The Morgan fingerprint density at radius 2 is 1.85 bits per heavy atom. The summed E-state index contributed by atoms with van der Waals surface area (Å²) < 4.78 is 22.0. The highest BCUT2D eigenvalue weighted by Gasteiger charge is 2.16. The summed E-state index contributed by atoms with van der Waals surface area (Å²) in [6, 6.07) is 11.7. The van der Waals surface area contributed by atoms with Crippen LogP contribution in [0, 0.1) is 11.2 Å². The minimum absolute atomic E-state index is 0.217. The van der Waals surface area contributed by atoms with Gasteiger partial charge in [0.15, 0.2) is 14.9 Å². The Balaban J connectivity index is 0.00000157. The molecular formula is C27H40ClFN7O2PS2. The number of aromatic nitrogens is 2. The minimum atomic E-state index is -0.515. The second kappa shape index (κ2) is 20.7. The molecule has 0 saturated heterocycles. The summed E-state index contributed by atoms with van der Waals surface area (Å²) in [6.07, 6.45) is 2.94. The third-order valence-electron chi connectivity index (χ3n) is 5.05. The molecule has 0 fully saturated rings. The molecule has 0 bridgehead atoms. The van der Waals surface area contributed by atoms with Crippen LogP contribution in [0.5, 0.6) is 0 Å². The number of hydrogen-bond acceptors (Lipinski definition) is 11. The molecule has 3 aromatic rings. The van der Waals surface area contributed by atoms with Gasteiger partial charge in [0.05, 0.1) is 17.1 Å². The van der Waals surface area contributed by atoms with Crippen molar-refractivity contribution in [2.75, 3.05) is 55.3 Å². The number of hydrogen-bond donors (Lipinski definition) is 6. The van der Waals surface area contributed by atoms with Gasteiger partial charge in [-0.25, -0.2) is 14.4 Å². The van der Waals surface area contributed by atoms with Crippen LogP contribution in [-0.2, 0) is 4.52 Å². The van der Waals surface area contributed by atoms with Crippen molar-refractivity contribution in [3.63, 3.8) is 0 Å². The molecule has 1 unspecified atom stereocenters. The minimum Gasteiger partial charge on any atom is -0.383 e. The maximum atomic E-state index is 13.9. The van der Waals surface area contributed by atoms with Crippen LogP contribution in [0.15, 0.2) is 47.4 Å². The van der Waals surface area contributed by atoms with E-state index in [1.165, 1.54) is 18.6 Å². The van der Waals surface area contributed by atoms with Gasteiger partial charge in [0.25, 0.3) is 0 Å². The van der Waals surface area contributed by atoms with E-state index < -0.39 is 9.03 Å². The molecule has 0 radical (unpaired) electrons. The number of nitrogens with one attached hydrogen (secondary N) is 3. The molecular weight excluding hydrogens is 604 g/mol. The number of benzene rings is 2. The molecule has 226 valence electrons. The van der Waals surface area contributed by atoms with Gasteiger partial charge in [0, 0.05) is 41.6 Å². The quantitative estimate of drug-likeness (QED) is 0.0389. The summed E-state index contributed by atoms with van der Waals surface area (Å²) in [5.74, 6) is 0.769. The number of nitrogens with zero attached hydrogens (tertiary/aromatic N) is 3. The number of anilines is 3. The molecule has 0 aliphatic rings. The summed E-state index contributed by atoms with van der Waals surface area (Å²) in [4.78, 5) is 20.2. The standard InChI is InChI=1S/C23H28ClFN7O2PS.C3H8.CH4S/c1-14(26)20-21(27)29-22(30-23(20)28-9-10-32(2)11-12-34-35-33)15-3-6-17(7-4-15)31-36-19-13-16(24)5-8-18(19)25;1-3-2;1-2/h3-8,13,26,31,33,35H,9-12H2,1-2H3,(H3,27,28,29,30);3H2,1-2H3;2H,1H3. The Bertz CT molecular complexity index is 1210. The van der Waals surface area contributed by atoms with Crippen molar-refractivity contribution in [2.45, 2.75) is 32.1 Å². The molecule has 14 heteroatoms. The smallest absolute Gasteiger partial charge is 0.163 e. The summed E-state index contributed by atoms with van der Waals surface area (Å²) in [5, 5.41) is 11.8. The topological polar surface area (TPSA) is 132 Å². The molecule has 0 aliphatic carbocycles. The maximum Gasteiger partial charge on any atom is 0.163 e. The lowest BCUT2D eigenvalue weighted by Crippen LogP contribution is -2.28. The predicted octanol–water partition coefficient (Wildman–Crippen LogP) is 6.85. The van der Waals surface area contributed by atoms with Gasteiger partial charge in [-0.2, -0.15) is 12.6 Å². The van der Waals surface area contributed by atoms with Crippen molar-refractivity contribution in [3.8, 4) is 11.4 Å².